The number of aryl methyl sites for hydroxylation is 1. The molecular weight excluding hydrogens is 330 g/mol. The molecular formula is C18H21N7O. The molecule has 3 heterocycles. The first-order valence-electron chi connectivity index (χ1n) is 8.89. The quantitative estimate of drug-likeness (QED) is 0.700. The monoisotopic (exact) mass is 351 g/mol. The second kappa shape index (κ2) is 7.07. The number of carbonyl (C=O) groups excluding carboxylic acids is 1. The van der Waals surface area contributed by atoms with Gasteiger partial charge < -0.3 is 5.32 Å². The molecule has 1 atom stereocenters. The van der Waals surface area contributed by atoms with Crippen molar-refractivity contribution < 1.29 is 4.79 Å². The third kappa shape index (κ3) is 3.22. The highest BCUT2D eigenvalue weighted by Crippen LogP contribution is 2.27. The number of unbranched alkanes of at least 4 members (excludes halogenated alkanes) is 1. The molecule has 0 saturated heterocycles. The largest absolute Gasteiger partial charge is 0.345 e. The van der Waals surface area contributed by atoms with Gasteiger partial charge in [-0.2, -0.15) is 10.2 Å². The summed E-state index contributed by atoms with van der Waals surface area (Å²) in [5, 5.41) is 11.8. The van der Waals surface area contributed by atoms with Crippen LogP contribution in [0.1, 0.15) is 53.4 Å². The first kappa shape index (κ1) is 16.4. The van der Waals surface area contributed by atoms with Crippen LogP contribution in [-0.2, 0) is 19.5 Å². The minimum absolute atomic E-state index is 0.0203. The van der Waals surface area contributed by atoms with Gasteiger partial charge in [-0.05, 0) is 18.1 Å². The summed E-state index contributed by atoms with van der Waals surface area (Å²) in [4.78, 5) is 20.8. The van der Waals surface area contributed by atoms with Crippen molar-refractivity contribution in [3.05, 3.63) is 59.7 Å². The number of rotatable bonds is 7. The van der Waals surface area contributed by atoms with Gasteiger partial charge in [-0.1, -0.05) is 31.5 Å². The lowest BCUT2D eigenvalue weighted by atomic mass is 10.0. The fourth-order valence-corrected chi connectivity index (χ4v) is 3.26. The zero-order chi connectivity index (χ0) is 17.9. The molecule has 1 aliphatic heterocycles. The van der Waals surface area contributed by atoms with E-state index in [1.54, 1.807) is 11.0 Å². The molecule has 26 heavy (non-hydrogen) atoms. The molecule has 0 aliphatic carbocycles. The standard InChI is InChI=1S/C18H21N7O/c1-2-3-8-25-17(22-16(23-25)10-24-12-19-11-20-24)9-15-13-6-4-5-7-14(13)18(26)21-15/h4-7,11-12,15H,2-3,8-10H2,1H3,(H,21,26)/t15-/m1/s1. The minimum Gasteiger partial charge on any atom is -0.345 e. The van der Waals surface area contributed by atoms with E-state index in [2.05, 4.69) is 27.4 Å². The highest BCUT2D eigenvalue weighted by Gasteiger charge is 2.29. The first-order chi connectivity index (χ1) is 12.7. The molecule has 0 saturated carbocycles. The summed E-state index contributed by atoms with van der Waals surface area (Å²) < 4.78 is 3.67. The number of benzene rings is 1. The van der Waals surface area contributed by atoms with Crippen molar-refractivity contribution in [1.82, 2.24) is 34.8 Å². The van der Waals surface area contributed by atoms with Gasteiger partial charge in [-0.15, -0.1) is 0 Å². The van der Waals surface area contributed by atoms with Gasteiger partial charge in [0.25, 0.3) is 5.91 Å². The molecule has 0 unspecified atom stereocenters. The highest BCUT2D eigenvalue weighted by atomic mass is 16.2. The van der Waals surface area contributed by atoms with Gasteiger partial charge in [-0.3, -0.25) is 4.79 Å². The Labute approximate surface area is 151 Å². The SMILES string of the molecule is CCCCn1nc(Cn2cncn2)nc1C[C@H]1NC(=O)c2ccccc21. The lowest BCUT2D eigenvalue weighted by Gasteiger charge is -2.12. The van der Waals surface area contributed by atoms with Gasteiger partial charge in [-0.25, -0.2) is 19.3 Å². The topological polar surface area (TPSA) is 90.5 Å². The summed E-state index contributed by atoms with van der Waals surface area (Å²) in [6.45, 7) is 3.46. The van der Waals surface area contributed by atoms with Crippen LogP contribution < -0.4 is 5.32 Å². The molecule has 0 radical (unpaired) electrons. The van der Waals surface area contributed by atoms with Crippen LogP contribution in [0.3, 0.4) is 0 Å². The number of hydrogen-bond donors (Lipinski definition) is 1. The van der Waals surface area contributed by atoms with Crippen molar-refractivity contribution in [2.45, 2.75) is 45.3 Å². The normalized spacial score (nSPS) is 15.9. The van der Waals surface area contributed by atoms with Crippen molar-refractivity contribution in [2.75, 3.05) is 0 Å². The molecule has 1 amide bonds. The Morgan fingerprint density at radius 2 is 2.15 bits per heavy atom. The van der Waals surface area contributed by atoms with Crippen molar-refractivity contribution in [2.24, 2.45) is 0 Å². The first-order valence-corrected chi connectivity index (χ1v) is 8.89. The second-order valence-corrected chi connectivity index (χ2v) is 6.43. The summed E-state index contributed by atoms with van der Waals surface area (Å²) in [7, 11) is 0. The number of hydrogen-bond acceptors (Lipinski definition) is 5. The molecule has 8 heteroatoms. The van der Waals surface area contributed by atoms with Gasteiger partial charge in [0.05, 0.1) is 6.04 Å². The predicted octanol–water partition coefficient (Wildman–Crippen LogP) is 1.75. The van der Waals surface area contributed by atoms with E-state index in [1.165, 1.54) is 6.33 Å². The van der Waals surface area contributed by atoms with Crippen LogP contribution in [0.2, 0.25) is 0 Å². The zero-order valence-corrected chi connectivity index (χ0v) is 14.7. The van der Waals surface area contributed by atoms with Crippen LogP contribution in [0.4, 0.5) is 0 Å². The maximum Gasteiger partial charge on any atom is 0.252 e. The third-order valence-corrected chi connectivity index (χ3v) is 4.56. The number of nitrogens with one attached hydrogen (secondary N) is 1. The molecule has 0 fully saturated rings. The van der Waals surface area contributed by atoms with E-state index in [9.17, 15) is 4.79 Å². The smallest absolute Gasteiger partial charge is 0.252 e. The summed E-state index contributed by atoms with van der Waals surface area (Å²) in [5.41, 5.74) is 1.78. The molecule has 2 aromatic heterocycles. The lowest BCUT2D eigenvalue weighted by Crippen LogP contribution is -2.22. The Kier molecular flexibility index (Phi) is 4.47. The van der Waals surface area contributed by atoms with Crippen molar-refractivity contribution in [3.8, 4) is 0 Å². The number of amides is 1. The van der Waals surface area contributed by atoms with E-state index < -0.39 is 0 Å². The van der Waals surface area contributed by atoms with Crippen LogP contribution >= 0.6 is 0 Å². The highest BCUT2D eigenvalue weighted by molar-refractivity contribution is 5.99. The Hall–Kier alpha value is -3.03. The van der Waals surface area contributed by atoms with Crippen molar-refractivity contribution in [1.29, 1.82) is 0 Å². The molecule has 1 aromatic carbocycles. The van der Waals surface area contributed by atoms with Crippen LogP contribution in [-0.4, -0.2) is 35.4 Å². The van der Waals surface area contributed by atoms with E-state index in [0.29, 0.717) is 18.8 Å². The fraction of sp³-hybridized carbons (Fsp3) is 0.389. The molecule has 8 nitrogen and oxygen atoms in total. The van der Waals surface area contributed by atoms with Crippen LogP contribution in [0, 0.1) is 0 Å². The zero-order valence-electron chi connectivity index (χ0n) is 14.7. The molecule has 0 spiro atoms. The van der Waals surface area contributed by atoms with E-state index in [1.807, 2.05) is 28.9 Å². The average Bonchev–Trinajstić information content (AvgIpc) is 3.36. The average molecular weight is 351 g/mol. The lowest BCUT2D eigenvalue weighted by molar-refractivity contribution is 0.0956. The maximum absolute atomic E-state index is 12.2. The van der Waals surface area contributed by atoms with Crippen molar-refractivity contribution >= 4 is 5.91 Å². The Morgan fingerprint density at radius 1 is 1.27 bits per heavy atom. The summed E-state index contributed by atoms with van der Waals surface area (Å²) in [6, 6.07) is 7.65. The van der Waals surface area contributed by atoms with E-state index in [4.69, 9.17) is 4.98 Å². The van der Waals surface area contributed by atoms with E-state index in [-0.39, 0.29) is 11.9 Å². The van der Waals surface area contributed by atoms with Gasteiger partial charge >= 0.3 is 0 Å². The molecule has 3 aromatic rings. The summed E-state index contributed by atoms with van der Waals surface area (Å²) in [5.74, 6) is 1.57. The van der Waals surface area contributed by atoms with E-state index >= 15 is 0 Å². The molecule has 4 rings (SSSR count). The summed E-state index contributed by atoms with van der Waals surface area (Å²) >= 11 is 0. The van der Waals surface area contributed by atoms with Crippen LogP contribution in [0.5, 0.6) is 0 Å². The van der Waals surface area contributed by atoms with Crippen molar-refractivity contribution in [3.63, 3.8) is 0 Å². The molecule has 1 aliphatic rings. The molecule has 134 valence electrons. The van der Waals surface area contributed by atoms with Gasteiger partial charge in [0.2, 0.25) is 0 Å². The summed E-state index contributed by atoms with van der Waals surface area (Å²) in [6.07, 6.45) is 5.89. The van der Waals surface area contributed by atoms with Crippen LogP contribution in [0.15, 0.2) is 36.9 Å². The number of fused-ring (bicyclic) bond motifs is 1. The van der Waals surface area contributed by atoms with E-state index in [0.717, 1.165) is 36.3 Å². The van der Waals surface area contributed by atoms with Crippen LogP contribution in [0.25, 0.3) is 0 Å². The Balaban J connectivity index is 1.58. The second-order valence-electron chi connectivity index (χ2n) is 6.43. The minimum atomic E-state index is -0.0671. The molecule has 1 N–H and O–H groups in total. The predicted molar refractivity (Wildman–Crippen MR) is 94.4 cm³/mol. The Morgan fingerprint density at radius 3 is 2.96 bits per heavy atom. The molecule has 0 bridgehead atoms. The van der Waals surface area contributed by atoms with Gasteiger partial charge in [0.1, 0.15) is 25.0 Å². The number of carbonyl (C=O) groups is 1. The van der Waals surface area contributed by atoms with Gasteiger partial charge in [0, 0.05) is 18.5 Å². The maximum atomic E-state index is 12.2. The van der Waals surface area contributed by atoms with Gasteiger partial charge in [0.15, 0.2) is 5.82 Å². The fourth-order valence-electron chi connectivity index (χ4n) is 3.26. The number of nitrogens with zero attached hydrogens (tertiary/aromatic N) is 6. The third-order valence-electron chi connectivity index (χ3n) is 4.56. The number of aromatic nitrogens is 6. The Bertz CT molecular complexity index is 900.